The molecule has 2 bridgehead atoms. The van der Waals surface area contributed by atoms with Crippen LogP contribution in [0, 0.1) is 11.8 Å². The van der Waals surface area contributed by atoms with Crippen LogP contribution in [0.5, 0.6) is 5.75 Å². The number of thiophene rings is 1. The molecule has 1 aromatic carbocycles. The van der Waals surface area contributed by atoms with Crippen LogP contribution in [0.2, 0.25) is 0 Å². The second-order valence-electron chi connectivity index (χ2n) is 6.65. The highest BCUT2D eigenvalue weighted by atomic mass is 32.1. The number of carbonyl (C=O) groups is 1. The second kappa shape index (κ2) is 6.95. The highest BCUT2D eigenvalue weighted by molar-refractivity contribution is 7.14. The summed E-state index contributed by atoms with van der Waals surface area (Å²) in [5.74, 6) is 1.96. The highest BCUT2D eigenvalue weighted by Gasteiger charge is 2.34. The molecule has 3 saturated heterocycles. The van der Waals surface area contributed by atoms with E-state index in [1.165, 1.54) is 25.9 Å². The second-order valence-corrected chi connectivity index (χ2v) is 7.56. The lowest BCUT2D eigenvalue weighted by molar-refractivity contribution is 0.0513. The molecule has 24 heavy (non-hydrogen) atoms. The summed E-state index contributed by atoms with van der Waals surface area (Å²) in [5, 5.41) is 4.93. The zero-order chi connectivity index (χ0) is 16.4. The van der Waals surface area contributed by atoms with Crippen LogP contribution in [0.15, 0.2) is 41.8 Å². The number of piperidine rings is 3. The van der Waals surface area contributed by atoms with E-state index >= 15 is 0 Å². The fourth-order valence-electron chi connectivity index (χ4n) is 3.85. The van der Waals surface area contributed by atoms with Crippen molar-refractivity contribution in [2.45, 2.75) is 12.8 Å². The Hall–Kier alpha value is -1.85. The number of nitrogens with one attached hydrogen (secondary N) is 1. The third-order valence-corrected chi connectivity index (χ3v) is 6.11. The Kier molecular flexibility index (Phi) is 4.54. The number of ether oxygens (including phenoxy) is 1. The maximum Gasteiger partial charge on any atom is 0.412 e. The van der Waals surface area contributed by atoms with Gasteiger partial charge in [-0.15, -0.1) is 11.3 Å². The molecule has 3 aliphatic heterocycles. The minimum atomic E-state index is -0.345. The smallest absolute Gasteiger partial charge is 0.409 e. The summed E-state index contributed by atoms with van der Waals surface area (Å²) in [6.07, 6.45) is 2.19. The Morgan fingerprint density at radius 3 is 2.71 bits per heavy atom. The SMILES string of the molecule is O=C(NCC1CN2CCC1CC2)Oc1ccsc1-c1ccccc1. The molecule has 1 aromatic heterocycles. The Morgan fingerprint density at radius 1 is 1.21 bits per heavy atom. The van der Waals surface area contributed by atoms with Crippen LogP contribution >= 0.6 is 11.3 Å². The number of fused-ring (bicyclic) bond motifs is 3. The largest absolute Gasteiger partial charge is 0.412 e. The summed E-state index contributed by atoms with van der Waals surface area (Å²) >= 11 is 1.59. The number of rotatable bonds is 4. The zero-order valence-electron chi connectivity index (χ0n) is 13.6. The van der Waals surface area contributed by atoms with Gasteiger partial charge in [0.15, 0.2) is 5.75 Å². The Labute approximate surface area is 146 Å². The first-order valence-corrected chi connectivity index (χ1v) is 9.48. The van der Waals surface area contributed by atoms with Gasteiger partial charge in [0, 0.05) is 13.1 Å². The summed E-state index contributed by atoms with van der Waals surface area (Å²) < 4.78 is 5.56. The van der Waals surface area contributed by atoms with E-state index in [9.17, 15) is 4.79 Å². The van der Waals surface area contributed by atoms with Crippen LogP contribution < -0.4 is 10.1 Å². The van der Waals surface area contributed by atoms with E-state index in [2.05, 4.69) is 10.2 Å². The zero-order valence-corrected chi connectivity index (χ0v) is 14.4. The van der Waals surface area contributed by atoms with Gasteiger partial charge in [-0.1, -0.05) is 30.3 Å². The summed E-state index contributed by atoms with van der Waals surface area (Å²) in [4.78, 5) is 15.7. The topological polar surface area (TPSA) is 41.6 Å². The number of amides is 1. The number of carbonyl (C=O) groups excluding carboxylic acids is 1. The fourth-order valence-corrected chi connectivity index (χ4v) is 4.67. The number of hydrogen-bond donors (Lipinski definition) is 1. The van der Waals surface area contributed by atoms with Crippen molar-refractivity contribution in [3.8, 4) is 16.2 Å². The van der Waals surface area contributed by atoms with Crippen LogP contribution in [0.25, 0.3) is 10.4 Å². The maximum atomic E-state index is 12.2. The monoisotopic (exact) mass is 342 g/mol. The first-order valence-electron chi connectivity index (χ1n) is 8.60. The first kappa shape index (κ1) is 15.7. The Bertz CT molecular complexity index is 692. The van der Waals surface area contributed by atoms with E-state index in [-0.39, 0.29) is 6.09 Å². The molecule has 2 aromatic rings. The van der Waals surface area contributed by atoms with Gasteiger partial charge in [0.05, 0.1) is 4.88 Å². The van der Waals surface area contributed by atoms with Crippen LogP contribution in [0.4, 0.5) is 4.79 Å². The molecule has 5 rings (SSSR count). The molecule has 0 radical (unpaired) electrons. The molecule has 0 aliphatic carbocycles. The van der Waals surface area contributed by atoms with Gasteiger partial charge in [-0.2, -0.15) is 0 Å². The van der Waals surface area contributed by atoms with Gasteiger partial charge in [0.25, 0.3) is 0 Å². The molecule has 1 amide bonds. The molecule has 5 heteroatoms. The molecule has 1 N–H and O–H groups in total. The lowest BCUT2D eigenvalue weighted by atomic mass is 9.79. The van der Waals surface area contributed by atoms with Crippen molar-refractivity contribution >= 4 is 17.4 Å². The quantitative estimate of drug-likeness (QED) is 0.918. The molecule has 3 fully saturated rings. The van der Waals surface area contributed by atoms with Crippen molar-refractivity contribution < 1.29 is 9.53 Å². The minimum absolute atomic E-state index is 0.345. The van der Waals surface area contributed by atoms with Crippen LogP contribution in [-0.2, 0) is 0 Å². The van der Waals surface area contributed by atoms with Crippen LogP contribution in [0.1, 0.15) is 12.8 Å². The molecular weight excluding hydrogens is 320 g/mol. The van der Waals surface area contributed by atoms with E-state index in [0.717, 1.165) is 22.9 Å². The average Bonchev–Trinajstić information content (AvgIpc) is 3.10. The molecule has 0 spiro atoms. The van der Waals surface area contributed by atoms with E-state index in [0.29, 0.717) is 18.2 Å². The Morgan fingerprint density at radius 2 is 2.00 bits per heavy atom. The van der Waals surface area contributed by atoms with Crippen LogP contribution in [0.3, 0.4) is 0 Å². The molecular formula is C19H22N2O2S. The van der Waals surface area contributed by atoms with E-state index in [4.69, 9.17) is 4.74 Å². The summed E-state index contributed by atoms with van der Waals surface area (Å²) in [7, 11) is 0. The van der Waals surface area contributed by atoms with Gasteiger partial charge in [-0.3, -0.25) is 0 Å². The number of nitrogens with zero attached hydrogens (tertiary/aromatic N) is 1. The van der Waals surface area contributed by atoms with Gasteiger partial charge in [-0.25, -0.2) is 4.79 Å². The molecule has 4 heterocycles. The van der Waals surface area contributed by atoms with Crippen molar-refractivity contribution in [3.63, 3.8) is 0 Å². The number of hydrogen-bond acceptors (Lipinski definition) is 4. The van der Waals surface area contributed by atoms with Gasteiger partial charge in [-0.05, 0) is 54.8 Å². The van der Waals surface area contributed by atoms with Crippen LogP contribution in [-0.4, -0.2) is 37.2 Å². The van der Waals surface area contributed by atoms with Gasteiger partial charge in [0.1, 0.15) is 0 Å². The van der Waals surface area contributed by atoms with Gasteiger partial charge < -0.3 is 15.0 Å². The van der Waals surface area contributed by atoms with Gasteiger partial charge >= 0.3 is 6.09 Å². The van der Waals surface area contributed by atoms with E-state index in [1.54, 1.807) is 11.3 Å². The standard InChI is InChI=1S/C19H22N2O2S/c22-19(20-12-16-13-21-9-6-14(16)7-10-21)23-17-8-11-24-18(17)15-4-2-1-3-5-15/h1-5,8,11,14,16H,6-7,9-10,12-13H2,(H,20,22). The lowest BCUT2D eigenvalue weighted by Crippen LogP contribution is -2.51. The third kappa shape index (κ3) is 3.32. The van der Waals surface area contributed by atoms with E-state index < -0.39 is 0 Å². The third-order valence-electron chi connectivity index (χ3n) is 5.17. The van der Waals surface area contributed by atoms with E-state index in [1.807, 2.05) is 41.8 Å². The van der Waals surface area contributed by atoms with Gasteiger partial charge in [0.2, 0.25) is 0 Å². The lowest BCUT2D eigenvalue weighted by Gasteiger charge is -2.44. The summed E-state index contributed by atoms with van der Waals surface area (Å²) in [5.41, 5.74) is 1.08. The van der Waals surface area contributed by atoms with Crippen molar-refractivity contribution in [1.82, 2.24) is 10.2 Å². The maximum absolute atomic E-state index is 12.2. The van der Waals surface area contributed by atoms with Crippen molar-refractivity contribution in [2.75, 3.05) is 26.2 Å². The summed E-state index contributed by atoms with van der Waals surface area (Å²) in [6, 6.07) is 11.9. The molecule has 126 valence electrons. The normalized spacial score (nSPS) is 25.4. The highest BCUT2D eigenvalue weighted by Crippen LogP contribution is 2.35. The van der Waals surface area contributed by atoms with Crippen molar-refractivity contribution in [3.05, 3.63) is 41.8 Å². The molecule has 1 unspecified atom stereocenters. The first-order chi connectivity index (χ1) is 11.8. The average molecular weight is 342 g/mol. The fraction of sp³-hybridized carbons (Fsp3) is 0.421. The number of benzene rings is 1. The van der Waals surface area contributed by atoms with Crippen molar-refractivity contribution in [2.24, 2.45) is 11.8 Å². The predicted molar refractivity (Wildman–Crippen MR) is 96.4 cm³/mol. The van der Waals surface area contributed by atoms with Crippen molar-refractivity contribution in [1.29, 1.82) is 0 Å². The minimum Gasteiger partial charge on any atom is -0.409 e. The summed E-state index contributed by atoms with van der Waals surface area (Å²) in [6.45, 7) is 4.27. The molecule has 1 atom stereocenters. The molecule has 0 saturated carbocycles. The molecule has 4 nitrogen and oxygen atoms in total. The predicted octanol–water partition coefficient (Wildman–Crippen LogP) is 3.85. The Balaban J connectivity index is 1.35. The molecule has 3 aliphatic rings.